The number of halogens is 3. The van der Waals surface area contributed by atoms with Crippen LogP contribution < -0.4 is 10.6 Å². The van der Waals surface area contributed by atoms with Gasteiger partial charge in [-0.05, 0) is 32.0 Å². The van der Waals surface area contributed by atoms with Crippen LogP contribution in [0.1, 0.15) is 25.0 Å². The lowest BCUT2D eigenvalue weighted by molar-refractivity contribution is -0.137. The minimum Gasteiger partial charge on any atom is -0.409 e. The van der Waals surface area contributed by atoms with Crippen molar-refractivity contribution in [2.75, 3.05) is 18.1 Å². The third kappa shape index (κ3) is 4.01. The van der Waals surface area contributed by atoms with Gasteiger partial charge in [-0.1, -0.05) is 5.16 Å². The molecule has 0 fully saturated rings. The number of nitrogens with two attached hydrogens (primary N) is 1. The highest BCUT2D eigenvalue weighted by atomic mass is 19.4. The Bertz CT molecular complexity index is 516. The molecule has 0 bridgehead atoms. The average molecular weight is 305 g/mol. The summed E-state index contributed by atoms with van der Waals surface area (Å²) in [5, 5.41) is 20.4. The first-order valence-corrected chi connectivity index (χ1v) is 6.29. The first-order chi connectivity index (χ1) is 9.72. The molecule has 0 aliphatic heterocycles. The summed E-state index contributed by atoms with van der Waals surface area (Å²) in [4.78, 5) is 1.72. The minimum atomic E-state index is -4.61. The number of benzene rings is 1. The molecule has 0 aliphatic rings. The normalized spacial score (nSPS) is 12.8. The van der Waals surface area contributed by atoms with Crippen molar-refractivity contribution in [2.24, 2.45) is 10.9 Å². The van der Waals surface area contributed by atoms with Gasteiger partial charge in [0, 0.05) is 23.8 Å². The van der Waals surface area contributed by atoms with E-state index in [1.807, 2.05) is 13.8 Å². The van der Waals surface area contributed by atoms with E-state index >= 15 is 0 Å². The molecule has 21 heavy (non-hydrogen) atoms. The molecule has 0 aromatic heterocycles. The highest BCUT2D eigenvalue weighted by Gasteiger charge is 2.34. The molecule has 0 unspecified atom stereocenters. The Labute approximate surface area is 120 Å². The Morgan fingerprint density at radius 3 is 2.43 bits per heavy atom. The second-order valence-electron chi connectivity index (χ2n) is 4.72. The van der Waals surface area contributed by atoms with Gasteiger partial charge in [-0.2, -0.15) is 13.2 Å². The van der Waals surface area contributed by atoms with Crippen LogP contribution in [0.25, 0.3) is 0 Å². The summed E-state index contributed by atoms with van der Waals surface area (Å²) in [6, 6.07) is 3.35. The van der Waals surface area contributed by atoms with E-state index in [1.165, 1.54) is 12.1 Å². The van der Waals surface area contributed by atoms with Gasteiger partial charge in [0.2, 0.25) is 0 Å². The molecule has 0 heterocycles. The number of rotatable bonds is 5. The average Bonchev–Trinajstić information content (AvgIpc) is 2.41. The van der Waals surface area contributed by atoms with Crippen LogP contribution in [0, 0.1) is 0 Å². The molecule has 0 amide bonds. The predicted molar refractivity (Wildman–Crippen MR) is 73.5 cm³/mol. The third-order valence-corrected chi connectivity index (χ3v) is 2.99. The Balaban J connectivity index is 3.40. The van der Waals surface area contributed by atoms with Crippen molar-refractivity contribution in [3.63, 3.8) is 0 Å². The molecule has 1 aromatic carbocycles. The lowest BCUT2D eigenvalue weighted by Crippen LogP contribution is -2.34. The second-order valence-corrected chi connectivity index (χ2v) is 4.72. The van der Waals surface area contributed by atoms with E-state index in [9.17, 15) is 13.2 Å². The molecule has 8 heteroatoms. The topological polar surface area (TPSA) is 82.1 Å². The molecule has 0 aliphatic carbocycles. The maximum absolute atomic E-state index is 12.9. The highest BCUT2D eigenvalue weighted by molar-refractivity contribution is 5.99. The van der Waals surface area contributed by atoms with Gasteiger partial charge >= 0.3 is 6.18 Å². The van der Waals surface area contributed by atoms with Crippen molar-refractivity contribution in [2.45, 2.75) is 26.1 Å². The van der Waals surface area contributed by atoms with Gasteiger partial charge in [0.25, 0.3) is 0 Å². The monoisotopic (exact) mass is 305 g/mol. The van der Waals surface area contributed by atoms with Gasteiger partial charge < -0.3 is 20.9 Å². The summed E-state index contributed by atoms with van der Waals surface area (Å²) in [6.45, 7) is 3.81. The summed E-state index contributed by atoms with van der Waals surface area (Å²) >= 11 is 0. The van der Waals surface area contributed by atoms with E-state index in [-0.39, 0.29) is 19.2 Å². The Morgan fingerprint density at radius 1 is 1.38 bits per heavy atom. The predicted octanol–water partition coefficient (Wildman–Crippen LogP) is 2.01. The van der Waals surface area contributed by atoms with E-state index in [1.54, 1.807) is 4.90 Å². The highest BCUT2D eigenvalue weighted by Crippen LogP contribution is 2.34. The summed E-state index contributed by atoms with van der Waals surface area (Å²) in [6.07, 6.45) is -4.61. The molecule has 4 N–H and O–H groups in total. The standard InChI is InChI=1S/C13H18F3N3O2/c1-8(2)19(5-6-20)9-3-4-11(13(14,15)16)10(7-9)12(17)18-21/h3-4,7-8,20-21H,5-6H2,1-2H3,(H2,17,18). The number of aliphatic hydroxyl groups excluding tert-OH is 1. The van der Waals surface area contributed by atoms with E-state index in [0.29, 0.717) is 5.69 Å². The molecule has 0 spiro atoms. The van der Waals surface area contributed by atoms with Gasteiger partial charge in [-0.25, -0.2) is 0 Å². The zero-order valence-electron chi connectivity index (χ0n) is 11.7. The smallest absolute Gasteiger partial charge is 0.409 e. The second kappa shape index (κ2) is 6.66. The number of amidine groups is 1. The summed E-state index contributed by atoms with van der Waals surface area (Å²) in [5.74, 6) is -0.614. The van der Waals surface area contributed by atoms with Gasteiger partial charge in [0.15, 0.2) is 5.84 Å². The van der Waals surface area contributed by atoms with Crippen LogP contribution >= 0.6 is 0 Å². The minimum absolute atomic E-state index is 0.0333. The lowest BCUT2D eigenvalue weighted by atomic mass is 10.0. The fourth-order valence-corrected chi connectivity index (χ4v) is 2.02. The fraction of sp³-hybridized carbons (Fsp3) is 0.462. The number of oxime groups is 1. The Morgan fingerprint density at radius 2 is 2.00 bits per heavy atom. The first kappa shape index (κ1) is 17.1. The molecule has 0 radical (unpaired) electrons. The van der Waals surface area contributed by atoms with Gasteiger partial charge in [0.05, 0.1) is 12.2 Å². The van der Waals surface area contributed by atoms with Crippen LogP contribution in [-0.2, 0) is 6.18 Å². The van der Waals surface area contributed by atoms with E-state index in [4.69, 9.17) is 16.0 Å². The number of alkyl halides is 3. The first-order valence-electron chi connectivity index (χ1n) is 6.29. The van der Waals surface area contributed by atoms with Crippen molar-refractivity contribution in [3.8, 4) is 0 Å². The SMILES string of the molecule is CC(C)N(CCO)c1ccc(C(F)(F)F)c(/C(N)=N/O)c1. The summed E-state index contributed by atoms with van der Waals surface area (Å²) in [7, 11) is 0. The number of nitrogens with zero attached hydrogens (tertiary/aromatic N) is 2. The fourth-order valence-electron chi connectivity index (χ4n) is 2.02. The van der Waals surface area contributed by atoms with Crippen LogP contribution in [0.5, 0.6) is 0 Å². The molecule has 1 rings (SSSR count). The largest absolute Gasteiger partial charge is 0.417 e. The number of hydrogen-bond donors (Lipinski definition) is 3. The Kier molecular flexibility index (Phi) is 5.42. The molecule has 1 aromatic rings. The van der Waals surface area contributed by atoms with Crippen LogP contribution in [0.2, 0.25) is 0 Å². The molecular weight excluding hydrogens is 287 g/mol. The van der Waals surface area contributed by atoms with Crippen molar-refractivity contribution in [1.82, 2.24) is 0 Å². The van der Waals surface area contributed by atoms with Crippen LogP contribution in [0.4, 0.5) is 18.9 Å². The quantitative estimate of drug-likeness (QED) is 0.336. The van der Waals surface area contributed by atoms with Crippen molar-refractivity contribution in [3.05, 3.63) is 29.3 Å². The van der Waals surface area contributed by atoms with Crippen LogP contribution in [-0.4, -0.2) is 35.3 Å². The van der Waals surface area contributed by atoms with Gasteiger partial charge in [-0.3, -0.25) is 0 Å². The van der Waals surface area contributed by atoms with Gasteiger partial charge in [0.1, 0.15) is 0 Å². The molecule has 0 saturated carbocycles. The number of aliphatic hydroxyl groups is 1. The van der Waals surface area contributed by atoms with Crippen molar-refractivity contribution >= 4 is 11.5 Å². The van der Waals surface area contributed by atoms with E-state index in [0.717, 1.165) is 6.07 Å². The molecule has 118 valence electrons. The number of hydrogen-bond acceptors (Lipinski definition) is 4. The molecular formula is C13H18F3N3O2. The van der Waals surface area contributed by atoms with Crippen LogP contribution in [0.15, 0.2) is 23.4 Å². The lowest BCUT2D eigenvalue weighted by Gasteiger charge is -2.29. The molecule has 5 nitrogen and oxygen atoms in total. The molecule has 0 atom stereocenters. The number of anilines is 1. The maximum atomic E-state index is 12.9. The van der Waals surface area contributed by atoms with Gasteiger partial charge in [-0.15, -0.1) is 0 Å². The van der Waals surface area contributed by atoms with Crippen molar-refractivity contribution < 1.29 is 23.5 Å². The third-order valence-electron chi connectivity index (χ3n) is 2.99. The summed E-state index contributed by atoms with van der Waals surface area (Å²) < 4.78 is 38.8. The van der Waals surface area contributed by atoms with Crippen molar-refractivity contribution in [1.29, 1.82) is 0 Å². The molecule has 0 saturated heterocycles. The van der Waals surface area contributed by atoms with Crippen LogP contribution in [0.3, 0.4) is 0 Å². The Hall–Kier alpha value is -1.96. The van der Waals surface area contributed by atoms with E-state index in [2.05, 4.69) is 5.16 Å². The zero-order chi connectivity index (χ0) is 16.2. The summed E-state index contributed by atoms with van der Waals surface area (Å²) in [5.41, 5.74) is 4.42. The van der Waals surface area contributed by atoms with E-state index < -0.39 is 23.1 Å². The maximum Gasteiger partial charge on any atom is 0.417 e. The zero-order valence-corrected chi connectivity index (χ0v) is 11.7.